The van der Waals surface area contributed by atoms with Crippen LogP contribution in [0.15, 0.2) is 200 Å². The molecular weight excluding hydrogens is 655 g/mol. The third-order valence-corrected chi connectivity index (χ3v) is 12.0. The molecule has 266 valence electrons. The summed E-state index contributed by atoms with van der Waals surface area (Å²) in [7, 11) is 0. The van der Waals surface area contributed by atoms with Gasteiger partial charge in [-0.15, -0.1) is 0 Å². The van der Waals surface area contributed by atoms with Crippen molar-refractivity contribution < 1.29 is 0 Å². The molecule has 3 heteroatoms. The number of nitrogens with zero attached hydrogens (tertiary/aromatic N) is 1. The maximum Gasteiger partial charge on any atom is 0.0580 e. The Morgan fingerprint density at radius 2 is 0.630 bits per heavy atom. The van der Waals surface area contributed by atoms with Crippen LogP contribution in [0.25, 0.3) is 0 Å². The Balaban J connectivity index is 1.15. The molecule has 0 amide bonds. The number of benzene rings is 6. The van der Waals surface area contributed by atoms with Gasteiger partial charge in [0.1, 0.15) is 0 Å². The molecule has 2 fully saturated rings. The van der Waals surface area contributed by atoms with Crippen LogP contribution in [-0.4, -0.2) is 4.98 Å². The largest absolute Gasteiger partial charge is 0.301 e. The molecule has 0 saturated carbocycles. The van der Waals surface area contributed by atoms with E-state index in [-0.39, 0.29) is 47.8 Å². The van der Waals surface area contributed by atoms with Gasteiger partial charge in [0.2, 0.25) is 0 Å². The Morgan fingerprint density at radius 1 is 0.315 bits per heavy atom. The molecular formula is C51H47N3. The van der Waals surface area contributed by atoms with Gasteiger partial charge in [-0.2, -0.15) is 0 Å². The standard InChI is InChI=1S/C51H47N3/c1-7-20-36(21-8-1)34-42-46(38-24-11-3-12-25-38)48(40-28-15-5-16-29-40)53-50(42)44-32-19-33-45(52-44)51-43(35-37-22-9-2-10-23-37)47(39-26-13-4-14-27-39)49(54-51)41-30-17-6-18-31-41/h1-33,42-43,46-51,53-54H,34-35H2/t42-,43-,46-,47-,48+,49+,50-,51-/m1/s1. The van der Waals surface area contributed by atoms with Gasteiger partial charge in [0, 0.05) is 23.9 Å². The molecule has 0 aliphatic carbocycles. The van der Waals surface area contributed by atoms with Gasteiger partial charge in [0.25, 0.3) is 0 Å². The van der Waals surface area contributed by atoms with Crippen molar-refractivity contribution in [3.8, 4) is 0 Å². The van der Waals surface area contributed by atoms with Crippen LogP contribution in [0, 0.1) is 11.8 Å². The number of hydrogen-bond acceptors (Lipinski definition) is 3. The monoisotopic (exact) mass is 701 g/mol. The Labute approximate surface area is 320 Å². The number of hydrogen-bond donors (Lipinski definition) is 2. The summed E-state index contributed by atoms with van der Waals surface area (Å²) in [6.07, 6.45) is 1.91. The summed E-state index contributed by atoms with van der Waals surface area (Å²) < 4.78 is 0. The lowest BCUT2D eigenvalue weighted by Gasteiger charge is -2.28. The first-order valence-electron chi connectivity index (χ1n) is 19.6. The minimum absolute atomic E-state index is 0.0596. The number of rotatable bonds is 10. The lowest BCUT2D eigenvalue weighted by Crippen LogP contribution is -2.25. The van der Waals surface area contributed by atoms with E-state index in [4.69, 9.17) is 4.98 Å². The molecule has 9 rings (SSSR count). The molecule has 0 bridgehead atoms. The van der Waals surface area contributed by atoms with Crippen LogP contribution in [-0.2, 0) is 12.8 Å². The molecule has 2 N–H and O–H groups in total. The molecule has 3 heterocycles. The molecule has 8 atom stereocenters. The van der Waals surface area contributed by atoms with E-state index < -0.39 is 0 Å². The molecule has 3 nitrogen and oxygen atoms in total. The first-order valence-corrected chi connectivity index (χ1v) is 19.6. The molecule has 2 aliphatic heterocycles. The molecule has 6 aromatic carbocycles. The molecule has 1 aromatic heterocycles. The van der Waals surface area contributed by atoms with E-state index >= 15 is 0 Å². The van der Waals surface area contributed by atoms with E-state index in [0.29, 0.717) is 0 Å². The Bertz CT molecular complexity index is 2050. The van der Waals surface area contributed by atoms with Crippen molar-refractivity contribution in [2.45, 2.75) is 48.8 Å². The van der Waals surface area contributed by atoms with Crippen LogP contribution in [0.5, 0.6) is 0 Å². The second-order valence-corrected chi connectivity index (χ2v) is 15.1. The lowest BCUT2D eigenvalue weighted by atomic mass is 9.75. The van der Waals surface area contributed by atoms with Gasteiger partial charge in [-0.1, -0.05) is 188 Å². The van der Waals surface area contributed by atoms with Crippen molar-refractivity contribution in [2.75, 3.05) is 0 Å². The first kappa shape index (κ1) is 34.2. The van der Waals surface area contributed by atoms with Crippen molar-refractivity contribution >= 4 is 0 Å². The topological polar surface area (TPSA) is 37.0 Å². The van der Waals surface area contributed by atoms with Crippen molar-refractivity contribution in [3.63, 3.8) is 0 Å². The number of aromatic nitrogens is 1. The Kier molecular flexibility index (Phi) is 9.99. The maximum absolute atomic E-state index is 5.71. The molecule has 0 radical (unpaired) electrons. The number of pyridine rings is 1. The summed E-state index contributed by atoms with van der Waals surface area (Å²) in [6, 6.07) is 73.5. The summed E-state index contributed by atoms with van der Waals surface area (Å²) in [5, 5.41) is 8.40. The van der Waals surface area contributed by atoms with E-state index in [1.165, 1.54) is 33.4 Å². The fraction of sp³-hybridized carbons (Fsp3) is 0.196. The first-order chi connectivity index (χ1) is 26.8. The predicted molar refractivity (Wildman–Crippen MR) is 220 cm³/mol. The minimum atomic E-state index is 0.0596. The second-order valence-electron chi connectivity index (χ2n) is 15.1. The average Bonchev–Trinajstić information content (AvgIpc) is 3.82. The van der Waals surface area contributed by atoms with Gasteiger partial charge in [0.15, 0.2) is 0 Å². The highest BCUT2D eigenvalue weighted by molar-refractivity contribution is 5.38. The highest BCUT2D eigenvalue weighted by Crippen LogP contribution is 2.53. The fourth-order valence-electron chi connectivity index (χ4n) is 9.60. The zero-order valence-corrected chi connectivity index (χ0v) is 30.5. The normalized spacial score (nSPS) is 25.0. The summed E-state index contributed by atoms with van der Waals surface area (Å²) in [5.41, 5.74) is 10.3. The highest BCUT2D eigenvalue weighted by Gasteiger charge is 2.47. The summed E-state index contributed by atoms with van der Waals surface area (Å²) in [4.78, 5) is 5.71. The quantitative estimate of drug-likeness (QED) is 0.149. The molecule has 0 spiro atoms. The minimum Gasteiger partial charge on any atom is -0.301 e. The molecule has 2 saturated heterocycles. The van der Waals surface area contributed by atoms with Crippen LogP contribution in [0.4, 0.5) is 0 Å². The predicted octanol–water partition coefficient (Wildman–Crippen LogP) is 11.1. The SMILES string of the molecule is c1ccc(C[C@@H]2[C@@H](c3ccccc3)[C@H](c3ccccc3)N[C@H]2c2cccc([C@@H]3N[C@@H](c4ccccc4)[C@H](c4ccccc4)[C@H]3Cc3ccccc3)n2)cc1. The molecule has 7 aromatic rings. The maximum atomic E-state index is 5.71. The van der Waals surface area contributed by atoms with Gasteiger partial charge < -0.3 is 10.6 Å². The molecule has 2 aliphatic rings. The van der Waals surface area contributed by atoms with E-state index in [0.717, 1.165) is 24.2 Å². The summed E-state index contributed by atoms with van der Waals surface area (Å²) >= 11 is 0. The van der Waals surface area contributed by atoms with E-state index in [9.17, 15) is 0 Å². The summed E-state index contributed by atoms with van der Waals surface area (Å²) in [5.74, 6) is 1.11. The highest BCUT2D eigenvalue weighted by atomic mass is 15.1. The van der Waals surface area contributed by atoms with Crippen LogP contribution in [0.2, 0.25) is 0 Å². The zero-order chi connectivity index (χ0) is 36.1. The van der Waals surface area contributed by atoms with Gasteiger partial charge in [0.05, 0.1) is 23.5 Å². The average molecular weight is 702 g/mol. The smallest absolute Gasteiger partial charge is 0.0580 e. The van der Waals surface area contributed by atoms with Crippen LogP contribution < -0.4 is 10.6 Å². The lowest BCUT2D eigenvalue weighted by molar-refractivity contribution is 0.403. The third-order valence-electron chi connectivity index (χ3n) is 12.0. The van der Waals surface area contributed by atoms with Gasteiger partial charge in [-0.3, -0.25) is 4.98 Å². The van der Waals surface area contributed by atoms with Crippen LogP contribution >= 0.6 is 0 Å². The zero-order valence-electron chi connectivity index (χ0n) is 30.5. The van der Waals surface area contributed by atoms with Gasteiger partial charge in [-0.05, 0) is 70.2 Å². The van der Waals surface area contributed by atoms with Gasteiger partial charge in [-0.25, -0.2) is 0 Å². The third kappa shape index (κ3) is 7.06. The van der Waals surface area contributed by atoms with E-state index in [1.54, 1.807) is 0 Å². The van der Waals surface area contributed by atoms with E-state index in [1.807, 2.05) is 0 Å². The van der Waals surface area contributed by atoms with Crippen molar-refractivity contribution in [3.05, 3.63) is 245 Å². The van der Waals surface area contributed by atoms with Crippen LogP contribution in [0.1, 0.15) is 80.8 Å². The second kappa shape index (κ2) is 15.8. The van der Waals surface area contributed by atoms with Crippen molar-refractivity contribution in [1.82, 2.24) is 15.6 Å². The Hall–Kier alpha value is -5.61. The van der Waals surface area contributed by atoms with Crippen molar-refractivity contribution in [2.24, 2.45) is 11.8 Å². The Morgan fingerprint density at radius 3 is 0.981 bits per heavy atom. The van der Waals surface area contributed by atoms with Gasteiger partial charge >= 0.3 is 0 Å². The van der Waals surface area contributed by atoms with E-state index in [2.05, 4.69) is 211 Å². The van der Waals surface area contributed by atoms with Crippen molar-refractivity contribution in [1.29, 1.82) is 0 Å². The van der Waals surface area contributed by atoms with Crippen LogP contribution in [0.3, 0.4) is 0 Å². The number of nitrogens with one attached hydrogen (secondary N) is 2. The molecule has 0 unspecified atom stereocenters. The summed E-state index contributed by atoms with van der Waals surface area (Å²) in [6.45, 7) is 0. The fourth-order valence-corrected chi connectivity index (χ4v) is 9.60. The molecule has 54 heavy (non-hydrogen) atoms.